The second-order valence-corrected chi connectivity index (χ2v) is 7.50. The van der Waals surface area contributed by atoms with E-state index in [0.717, 1.165) is 41.5 Å². The summed E-state index contributed by atoms with van der Waals surface area (Å²) in [5.74, 6) is 1.62. The lowest BCUT2D eigenvalue weighted by atomic mass is 10.1. The lowest BCUT2D eigenvalue weighted by molar-refractivity contribution is 0.0940. The average Bonchev–Trinajstić information content (AvgIpc) is 3.34. The van der Waals surface area contributed by atoms with Crippen LogP contribution in [0.5, 0.6) is 5.75 Å². The molecule has 0 spiro atoms. The van der Waals surface area contributed by atoms with Crippen molar-refractivity contribution in [2.45, 2.75) is 25.8 Å². The molecule has 3 aromatic rings. The van der Waals surface area contributed by atoms with Gasteiger partial charge in [-0.15, -0.1) is 0 Å². The van der Waals surface area contributed by atoms with Crippen LogP contribution >= 0.6 is 0 Å². The van der Waals surface area contributed by atoms with Crippen molar-refractivity contribution in [2.24, 2.45) is 0 Å². The van der Waals surface area contributed by atoms with Crippen molar-refractivity contribution >= 4 is 11.7 Å². The Bertz CT molecular complexity index is 1010. The van der Waals surface area contributed by atoms with E-state index in [1.54, 1.807) is 13.4 Å². The Morgan fingerprint density at radius 1 is 1.07 bits per heavy atom. The molecule has 0 saturated carbocycles. The molecule has 2 aromatic carbocycles. The van der Waals surface area contributed by atoms with Crippen LogP contribution in [0.2, 0.25) is 0 Å². The van der Waals surface area contributed by atoms with Gasteiger partial charge < -0.3 is 15.0 Å². The van der Waals surface area contributed by atoms with Gasteiger partial charge in [0.25, 0.3) is 5.91 Å². The molecular weight excluding hydrogens is 376 g/mol. The zero-order valence-corrected chi connectivity index (χ0v) is 17.3. The van der Waals surface area contributed by atoms with Crippen LogP contribution in [0.1, 0.15) is 41.7 Å². The molecule has 1 saturated heterocycles. The highest BCUT2D eigenvalue weighted by atomic mass is 16.5. The Hall–Kier alpha value is -3.41. The van der Waals surface area contributed by atoms with Crippen molar-refractivity contribution < 1.29 is 9.53 Å². The molecule has 1 amide bonds. The van der Waals surface area contributed by atoms with Gasteiger partial charge in [-0.3, -0.25) is 4.79 Å². The number of amides is 1. The Labute approximate surface area is 176 Å². The smallest absolute Gasteiger partial charge is 0.251 e. The maximum absolute atomic E-state index is 12.7. The number of ether oxygens (including phenoxy) is 1. The van der Waals surface area contributed by atoms with Crippen LogP contribution in [0.15, 0.2) is 60.9 Å². The molecule has 1 N–H and O–H groups in total. The van der Waals surface area contributed by atoms with Crippen LogP contribution in [0.3, 0.4) is 0 Å². The molecule has 4 rings (SSSR count). The summed E-state index contributed by atoms with van der Waals surface area (Å²) in [5.41, 5.74) is 3.44. The standard InChI is InChI=1S/C24H26N4O2/c1-17(20-6-5-7-21(14-20)30-2)27-24(29)19-10-8-18(9-11-19)22-15-23(26-16-25-22)28-12-3-4-13-28/h5-11,14-17H,3-4,12-13H2,1-2H3,(H,27,29)/t17-/m0/s1. The Balaban J connectivity index is 1.45. The minimum Gasteiger partial charge on any atom is -0.497 e. The first-order chi connectivity index (χ1) is 14.6. The molecule has 1 aromatic heterocycles. The SMILES string of the molecule is COc1cccc([C@H](C)NC(=O)c2ccc(-c3cc(N4CCCC4)ncn3)cc2)c1. The lowest BCUT2D eigenvalue weighted by Gasteiger charge is -2.16. The van der Waals surface area contributed by atoms with Crippen molar-refractivity contribution in [1.82, 2.24) is 15.3 Å². The quantitative estimate of drug-likeness (QED) is 0.668. The fraction of sp³-hybridized carbons (Fsp3) is 0.292. The van der Waals surface area contributed by atoms with E-state index < -0.39 is 0 Å². The third-order valence-electron chi connectivity index (χ3n) is 5.47. The Morgan fingerprint density at radius 2 is 1.83 bits per heavy atom. The zero-order chi connectivity index (χ0) is 20.9. The molecule has 1 atom stereocenters. The van der Waals surface area contributed by atoms with Gasteiger partial charge >= 0.3 is 0 Å². The minimum atomic E-state index is -0.128. The van der Waals surface area contributed by atoms with Gasteiger partial charge in [0.2, 0.25) is 0 Å². The van der Waals surface area contributed by atoms with Crippen LogP contribution in [0, 0.1) is 0 Å². The topological polar surface area (TPSA) is 67.3 Å². The van der Waals surface area contributed by atoms with Gasteiger partial charge in [0.1, 0.15) is 17.9 Å². The molecule has 1 aliphatic heterocycles. The largest absolute Gasteiger partial charge is 0.497 e. The predicted molar refractivity (Wildman–Crippen MR) is 118 cm³/mol. The Kier molecular flexibility index (Phi) is 5.93. The maximum atomic E-state index is 12.7. The number of benzene rings is 2. The second-order valence-electron chi connectivity index (χ2n) is 7.50. The van der Waals surface area contributed by atoms with E-state index >= 15 is 0 Å². The van der Waals surface area contributed by atoms with Crippen molar-refractivity contribution in [3.8, 4) is 17.0 Å². The van der Waals surface area contributed by atoms with Crippen molar-refractivity contribution in [3.63, 3.8) is 0 Å². The minimum absolute atomic E-state index is 0.114. The highest BCUT2D eigenvalue weighted by molar-refractivity contribution is 5.94. The van der Waals surface area contributed by atoms with Crippen LogP contribution in [0.25, 0.3) is 11.3 Å². The number of carbonyl (C=O) groups is 1. The number of hydrogen-bond acceptors (Lipinski definition) is 5. The van der Waals surface area contributed by atoms with Gasteiger partial charge in [0, 0.05) is 30.3 Å². The molecule has 0 radical (unpaired) electrons. The summed E-state index contributed by atoms with van der Waals surface area (Å²) in [7, 11) is 1.63. The van der Waals surface area contributed by atoms with E-state index in [1.807, 2.05) is 61.5 Å². The lowest BCUT2D eigenvalue weighted by Crippen LogP contribution is -2.26. The van der Waals surface area contributed by atoms with E-state index in [4.69, 9.17) is 4.74 Å². The molecular formula is C24H26N4O2. The predicted octanol–water partition coefficient (Wildman–Crippen LogP) is 4.24. The molecule has 1 aliphatic rings. The van der Waals surface area contributed by atoms with Crippen molar-refractivity contribution in [1.29, 1.82) is 0 Å². The molecule has 6 nitrogen and oxygen atoms in total. The highest BCUT2D eigenvalue weighted by Crippen LogP contribution is 2.24. The summed E-state index contributed by atoms with van der Waals surface area (Å²) in [4.78, 5) is 23.8. The van der Waals surface area contributed by atoms with E-state index in [0.29, 0.717) is 5.56 Å². The van der Waals surface area contributed by atoms with E-state index in [-0.39, 0.29) is 11.9 Å². The fourth-order valence-corrected chi connectivity index (χ4v) is 3.69. The first-order valence-corrected chi connectivity index (χ1v) is 10.3. The zero-order valence-electron chi connectivity index (χ0n) is 17.3. The summed E-state index contributed by atoms with van der Waals surface area (Å²) in [6, 6.07) is 17.1. The van der Waals surface area contributed by atoms with Crippen LogP contribution in [-0.2, 0) is 0 Å². The number of methoxy groups -OCH3 is 1. The number of carbonyl (C=O) groups excluding carboxylic acids is 1. The molecule has 0 aliphatic carbocycles. The van der Waals surface area contributed by atoms with Crippen molar-refractivity contribution in [2.75, 3.05) is 25.1 Å². The van der Waals surface area contributed by atoms with E-state index in [1.165, 1.54) is 12.8 Å². The van der Waals surface area contributed by atoms with Crippen LogP contribution in [-0.4, -0.2) is 36.1 Å². The summed E-state index contributed by atoms with van der Waals surface area (Å²) >= 11 is 0. The van der Waals surface area contributed by atoms with E-state index in [9.17, 15) is 4.79 Å². The fourth-order valence-electron chi connectivity index (χ4n) is 3.69. The van der Waals surface area contributed by atoms with Gasteiger partial charge in [0.15, 0.2) is 0 Å². The summed E-state index contributed by atoms with van der Waals surface area (Å²) in [5, 5.41) is 3.04. The molecule has 154 valence electrons. The number of hydrogen-bond donors (Lipinski definition) is 1. The summed E-state index contributed by atoms with van der Waals surface area (Å²) < 4.78 is 5.26. The summed E-state index contributed by atoms with van der Waals surface area (Å²) in [6.07, 6.45) is 4.02. The average molecular weight is 402 g/mol. The molecule has 30 heavy (non-hydrogen) atoms. The first kappa shape index (κ1) is 19.9. The van der Waals surface area contributed by atoms with Crippen molar-refractivity contribution in [3.05, 3.63) is 72.1 Å². The van der Waals surface area contributed by atoms with E-state index in [2.05, 4.69) is 20.2 Å². The highest BCUT2D eigenvalue weighted by Gasteiger charge is 2.15. The third kappa shape index (κ3) is 4.43. The Morgan fingerprint density at radius 3 is 2.57 bits per heavy atom. The number of aromatic nitrogens is 2. The van der Waals surface area contributed by atoms with Crippen LogP contribution < -0.4 is 15.0 Å². The number of nitrogens with zero attached hydrogens (tertiary/aromatic N) is 3. The molecule has 1 fully saturated rings. The number of anilines is 1. The normalized spacial score (nSPS) is 14.4. The first-order valence-electron chi connectivity index (χ1n) is 10.3. The van der Waals surface area contributed by atoms with Gasteiger partial charge in [-0.1, -0.05) is 24.3 Å². The van der Waals surface area contributed by atoms with Gasteiger partial charge in [-0.2, -0.15) is 0 Å². The van der Waals surface area contributed by atoms with Gasteiger partial charge in [-0.05, 0) is 49.6 Å². The van der Waals surface area contributed by atoms with Gasteiger partial charge in [-0.25, -0.2) is 9.97 Å². The van der Waals surface area contributed by atoms with Gasteiger partial charge in [0.05, 0.1) is 18.8 Å². The molecule has 0 bridgehead atoms. The maximum Gasteiger partial charge on any atom is 0.251 e. The van der Waals surface area contributed by atoms with Crippen LogP contribution in [0.4, 0.5) is 5.82 Å². The molecule has 6 heteroatoms. The summed E-state index contributed by atoms with van der Waals surface area (Å²) in [6.45, 7) is 4.05. The molecule has 0 unspecified atom stereocenters. The number of nitrogens with one attached hydrogen (secondary N) is 1. The second kappa shape index (κ2) is 8.95. The monoisotopic (exact) mass is 402 g/mol. The third-order valence-corrected chi connectivity index (χ3v) is 5.47. The number of rotatable bonds is 6. The molecule has 2 heterocycles.